The van der Waals surface area contributed by atoms with Gasteiger partial charge < -0.3 is 5.11 Å². The molecule has 35 heavy (non-hydrogen) atoms. The lowest BCUT2D eigenvalue weighted by Gasteiger charge is -2.16. The van der Waals surface area contributed by atoms with Crippen LogP contribution in [0.4, 0.5) is 0 Å². The summed E-state index contributed by atoms with van der Waals surface area (Å²) >= 11 is 0. The van der Waals surface area contributed by atoms with Gasteiger partial charge in [0.2, 0.25) is 0 Å². The number of phenols is 1. The molecule has 0 atom stereocenters. The molecule has 0 radical (unpaired) electrons. The molecule has 3 rings (SSSR count). The van der Waals surface area contributed by atoms with Gasteiger partial charge in [-0.15, -0.1) is 0 Å². The van der Waals surface area contributed by atoms with E-state index in [-0.39, 0.29) is 0 Å². The molecule has 3 aromatic rings. The lowest BCUT2D eigenvalue weighted by Crippen LogP contribution is -2.03. The second-order valence-corrected chi connectivity index (χ2v) is 10.1. The highest BCUT2D eigenvalue weighted by molar-refractivity contribution is 5.47. The first kappa shape index (κ1) is 27.1. The second kappa shape index (κ2) is 15.5. The Labute approximate surface area is 214 Å². The summed E-state index contributed by atoms with van der Waals surface area (Å²) in [6.07, 6.45) is 17.0. The molecular weight excluding hydrogens is 424 g/mol. The molecule has 0 aromatic heterocycles. The van der Waals surface area contributed by atoms with E-state index < -0.39 is 0 Å². The predicted octanol–water partition coefficient (Wildman–Crippen LogP) is 9.60. The van der Waals surface area contributed by atoms with Crippen molar-refractivity contribution >= 4 is 0 Å². The highest BCUT2D eigenvalue weighted by Crippen LogP contribution is 2.29. The van der Waals surface area contributed by atoms with E-state index in [0.717, 1.165) is 31.2 Å². The van der Waals surface area contributed by atoms with Crippen LogP contribution in [0.3, 0.4) is 0 Å². The molecule has 0 amide bonds. The number of phenolic OH excluding ortho intramolecular Hbond substituents is 1. The van der Waals surface area contributed by atoms with Crippen molar-refractivity contribution < 1.29 is 5.11 Å². The van der Waals surface area contributed by atoms with E-state index in [1.54, 1.807) is 0 Å². The maximum atomic E-state index is 10.9. The van der Waals surface area contributed by atoms with Gasteiger partial charge in [-0.2, -0.15) is 0 Å². The lowest BCUT2D eigenvalue weighted by atomic mass is 9.89. The number of aryl methyl sites for hydroxylation is 2. The molecule has 0 spiro atoms. The summed E-state index contributed by atoms with van der Waals surface area (Å²) < 4.78 is 0. The molecule has 3 aromatic carbocycles. The number of rotatable bonds is 16. The molecule has 0 unspecified atom stereocenters. The molecular formula is C34H46O. The first-order valence-corrected chi connectivity index (χ1v) is 14.2. The first-order valence-electron chi connectivity index (χ1n) is 14.2. The number of hydrogen-bond donors (Lipinski definition) is 1. The average molecular weight is 471 g/mol. The van der Waals surface area contributed by atoms with Gasteiger partial charge in [0.05, 0.1) is 0 Å². The molecule has 0 heterocycles. The van der Waals surface area contributed by atoms with Crippen molar-refractivity contribution in [2.75, 3.05) is 0 Å². The smallest absolute Gasteiger partial charge is 0.119 e. The van der Waals surface area contributed by atoms with Gasteiger partial charge in [-0.1, -0.05) is 126 Å². The van der Waals surface area contributed by atoms with Crippen molar-refractivity contribution in [2.45, 2.75) is 104 Å². The van der Waals surface area contributed by atoms with Gasteiger partial charge in [-0.3, -0.25) is 0 Å². The van der Waals surface area contributed by atoms with E-state index in [1.807, 2.05) is 12.1 Å². The van der Waals surface area contributed by atoms with Crippen LogP contribution in [0.1, 0.15) is 111 Å². The highest BCUT2D eigenvalue weighted by atomic mass is 16.3. The molecule has 0 fully saturated rings. The molecule has 188 valence electrons. The van der Waals surface area contributed by atoms with Crippen LogP contribution in [-0.2, 0) is 25.7 Å². The van der Waals surface area contributed by atoms with Crippen LogP contribution in [0.15, 0.2) is 66.7 Å². The number of unbranched alkanes of at least 4 members (excludes halogenated alkanes) is 8. The minimum absolute atomic E-state index is 0.428. The van der Waals surface area contributed by atoms with Gasteiger partial charge in [0.15, 0.2) is 0 Å². The normalized spacial score (nSPS) is 11.1. The summed E-state index contributed by atoms with van der Waals surface area (Å²) in [6, 6.07) is 23.8. The fourth-order valence-corrected chi connectivity index (χ4v) is 5.17. The van der Waals surface area contributed by atoms with Crippen molar-refractivity contribution in [3.63, 3.8) is 0 Å². The van der Waals surface area contributed by atoms with Crippen molar-refractivity contribution in [1.29, 1.82) is 0 Å². The Kier molecular flexibility index (Phi) is 11.9. The van der Waals surface area contributed by atoms with Crippen molar-refractivity contribution in [3.05, 3.63) is 100 Å². The van der Waals surface area contributed by atoms with Gasteiger partial charge in [-0.25, -0.2) is 0 Å². The molecule has 0 saturated heterocycles. The summed E-state index contributed by atoms with van der Waals surface area (Å²) in [5.41, 5.74) is 8.00. The lowest BCUT2D eigenvalue weighted by molar-refractivity contribution is 0.468. The molecule has 0 aliphatic carbocycles. The minimum Gasteiger partial charge on any atom is -0.508 e. The molecule has 0 aliphatic heterocycles. The zero-order valence-electron chi connectivity index (χ0n) is 22.2. The summed E-state index contributed by atoms with van der Waals surface area (Å²) in [7, 11) is 0. The standard InChI is InChI=1S/C34H46O/c1-3-5-7-9-11-18-28-20-13-15-22-30(28)26-32-24-17-25-34(35)33(32)27-31-23-16-14-21-29(31)19-12-10-8-6-4-2/h13-17,20-25,35H,3-12,18-19,26-27H2,1-2H3. The van der Waals surface area contributed by atoms with Crippen LogP contribution in [-0.4, -0.2) is 5.11 Å². The van der Waals surface area contributed by atoms with E-state index in [4.69, 9.17) is 0 Å². The summed E-state index contributed by atoms with van der Waals surface area (Å²) in [5, 5.41) is 10.9. The van der Waals surface area contributed by atoms with Gasteiger partial charge >= 0.3 is 0 Å². The Morgan fingerprint density at radius 2 is 0.914 bits per heavy atom. The first-order chi connectivity index (χ1) is 17.2. The largest absolute Gasteiger partial charge is 0.508 e. The molecule has 1 N–H and O–H groups in total. The Hall–Kier alpha value is -2.54. The van der Waals surface area contributed by atoms with E-state index >= 15 is 0 Å². The van der Waals surface area contributed by atoms with Crippen molar-refractivity contribution in [3.8, 4) is 5.75 Å². The molecule has 0 saturated carbocycles. The third-order valence-electron chi connectivity index (χ3n) is 7.33. The van der Waals surface area contributed by atoms with Gasteiger partial charge in [-0.05, 0) is 66.0 Å². The summed E-state index contributed by atoms with van der Waals surface area (Å²) in [5.74, 6) is 0.428. The number of benzene rings is 3. The monoisotopic (exact) mass is 470 g/mol. The highest BCUT2D eigenvalue weighted by Gasteiger charge is 2.13. The van der Waals surface area contributed by atoms with Crippen LogP contribution in [0, 0.1) is 0 Å². The number of aromatic hydroxyl groups is 1. The Morgan fingerprint density at radius 1 is 0.457 bits per heavy atom. The molecule has 1 heteroatoms. The van der Waals surface area contributed by atoms with Crippen molar-refractivity contribution in [2.24, 2.45) is 0 Å². The average Bonchev–Trinajstić information content (AvgIpc) is 2.87. The van der Waals surface area contributed by atoms with Crippen LogP contribution >= 0.6 is 0 Å². The predicted molar refractivity (Wildman–Crippen MR) is 152 cm³/mol. The third kappa shape index (κ3) is 8.88. The molecule has 0 bridgehead atoms. The van der Waals surface area contributed by atoms with Gasteiger partial charge in [0, 0.05) is 12.0 Å². The Morgan fingerprint density at radius 3 is 1.46 bits per heavy atom. The van der Waals surface area contributed by atoms with Crippen LogP contribution in [0.5, 0.6) is 5.75 Å². The minimum atomic E-state index is 0.428. The fraction of sp³-hybridized carbons (Fsp3) is 0.471. The Bertz CT molecular complexity index is 1000. The SMILES string of the molecule is CCCCCCCc1ccccc1Cc1cccc(O)c1Cc1ccccc1CCCCCCC. The second-order valence-electron chi connectivity index (χ2n) is 10.1. The van der Waals surface area contributed by atoms with E-state index in [2.05, 4.69) is 68.4 Å². The summed E-state index contributed by atoms with van der Waals surface area (Å²) in [6.45, 7) is 4.54. The zero-order valence-corrected chi connectivity index (χ0v) is 22.2. The van der Waals surface area contributed by atoms with Crippen LogP contribution in [0.2, 0.25) is 0 Å². The van der Waals surface area contributed by atoms with Gasteiger partial charge in [0.25, 0.3) is 0 Å². The number of hydrogen-bond acceptors (Lipinski definition) is 1. The quantitative estimate of drug-likeness (QED) is 0.207. The Balaban J connectivity index is 1.73. The van der Waals surface area contributed by atoms with E-state index in [0.29, 0.717) is 5.75 Å². The van der Waals surface area contributed by atoms with Crippen molar-refractivity contribution in [1.82, 2.24) is 0 Å². The van der Waals surface area contributed by atoms with Crippen LogP contribution in [0.25, 0.3) is 0 Å². The molecule has 1 nitrogen and oxygen atoms in total. The fourth-order valence-electron chi connectivity index (χ4n) is 5.17. The maximum Gasteiger partial charge on any atom is 0.119 e. The topological polar surface area (TPSA) is 20.2 Å². The van der Waals surface area contributed by atoms with Gasteiger partial charge in [0.1, 0.15) is 5.75 Å². The maximum absolute atomic E-state index is 10.9. The molecule has 0 aliphatic rings. The van der Waals surface area contributed by atoms with Crippen LogP contribution < -0.4 is 0 Å². The van der Waals surface area contributed by atoms with E-state index in [1.165, 1.54) is 92.0 Å². The summed E-state index contributed by atoms with van der Waals surface area (Å²) in [4.78, 5) is 0. The third-order valence-corrected chi connectivity index (χ3v) is 7.33. The van der Waals surface area contributed by atoms with E-state index in [9.17, 15) is 5.11 Å². The zero-order chi connectivity index (χ0) is 24.7.